The number of ether oxygens (including phenoxy) is 2. The van der Waals surface area contributed by atoms with E-state index in [4.69, 9.17) is 9.47 Å². The first-order valence-electron chi connectivity index (χ1n) is 13.8. The fourth-order valence-corrected chi connectivity index (χ4v) is 7.00. The molecule has 4 aliphatic rings. The number of aliphatic hydroxyl groups is 1. The minimum Gasteiger partial charge on any atom is -0.465 e. The van der Waals surface area contributed by atoms with Crippen LogP contribution in [0.4, 0.5) is 0 Å². The summed E-state index contributed by atoms with van der Waals surface area (Å²) >= 11 is 0. The highest BCUT2D eigenvalue weighted by molar-refractivity contribution is 5.99. The first kappa shape index (κ1) is 27.8. The Hall–Kier alpha value is -2.19. The molecular weight excluding hydrogens is 472 g/mol. The van der Waals surface area contributed by atoms with Crippen LogP contribution in [0.25, 0.3) is 0 Å². The number of likely N-dealkylation sites (tertiary alicyclic amines) is 1. The van der Waals surface area contributed by atoms with E-state index in [0.717, 1.165) is 25.7 Å². The Morgan fingerprint density at radius 2 is 1.81 bits per heavy atom. The third kappa shape index (κ3) is 5.24. The fraction of sp³-hybridized carbons (Fsp3) is 0.759. The van der Waals surface area contributed by atoms with Crippen molar-refractivity contribution >= 4 is 17.8 Å². The maximum absolute atomic E-state index is 14.5. The van der Waals surface area contributed by atoms with Crippen molar-refractivity contribution in [3.05, 3.63) is 24.3 Å². The summed E-state index contributed by atoms with van der Waals surface area (Å²) in [5.74, 6) is -2.40. The molecule has 1 spiro atoms. The smallest absolute Gasteiger partial charge is 0.312 e. The monoisotopic (exact) mass is 516 g/mol. The molecule has 4 rings (SSSR count). The van der Waals surface area contributed by atoms with Crippen molar-refractivity contribution in [2.75, 3.05) is 26.3 Å². The van der Waals surface area contributed by atoms with Crippen LogP contribution in [-0.4, -0.2) is 82.3 Å². The van der Waals surface area contributed by atoms with Gasteiger partial charge in [0, 0.05) is 25.2 Å². The second-order valence-electron chi connectivity index (χ2n) is 12.8. The van der Waals surface area contributed by atoms with Gasteiger partial charge in [0.05, 0.1) is 18.6 Å². The van der Waals surface area contributed by atoms with E-state index in [1.165, 1.54) is 0 Å². The van der Waals surface area contributed by atoms with Gasteiger partial charge in [-0.1, -0.05) is 45.1 Å². The van der Waals surface area contributed by atoms with Crippen molar-refractivity contribution < 1.29 is 29.0 Å². The van der Waals surface area contributed by atoms with Gasteiger partial charge >= 0.3 is 5.97 Å². The first-order chi connectivity index (χ1) is 17.4. The molecule has 0 radical (unpaired) electrons. The number of rotatable bonds is 7. The zero-order valence-electron chi connectivity index (χ0n) is 23.1. The number of nitrogens with zero attached hydrogens (tertiary/aromatic N) is 2. The molecule has 0 bridgehead atoms. The predicted octanol–water partition coefficient (Wildman–Crippen LogP) is 3.24. The molecule has 4 aliphatic heterocycles. The van der Waals surface area contributed by atoms with E-state index in [1.54, 1.807) is 4.90 Å². The third-order valence-corrected chi connectivity index (χ3v) is 8.10. The highest BCUT2D eigenvalue weighted by Crippen LogP contribution is 2.53. The van der Waals surface area contributed by atoms with Crippen LogP contribution < -0.4 is 0 Å². The Labute approximate surface area is 221 Å². The summed E-state index contributed by atoms with van der Waals surface area (Å²) < 4.78 is 12.2. The van der Waals surface area contributed by atoms with Crippen molar-refractivity contribution in [3.8, 4) is 0 Å². The minimum absolute atomic E-state index is 0.00212. The molecule has 2 saturated heterocycles. The average Bonchev–Trinajstić information content (AvgIpc) is 3.19. The maximum Gasteiger partial charge on any atom is 0.312 e. The van der Waals surface area contributed by atoms with E-state index in [0.29, 0.717) is 32.5 Å². The lowest BCUT2D eigenvalue weighted by Gasteiger charge is -2.44. The summed E-state index contributed by atoms with van der Waals surface area (Å²) in [7, 11) is 0. The summed E-state index contributed by atoms with van der Waals surface area (Å²) in [5, 5.41) is 9.23. The maximum atomic E-state index is 14.5. The van der Waals surface area contributed by atoms with Gasteiger partial charge in [-0.3, -0.25) is 14.4 Å². The number of esters is 1. The molecule has 2 amide bonds. The Kier molecular flexibility index (Phi) is 7.92. The van der Waals surface area contributed by atoms with Crippen LogP contribution >= 0.6 is 0 Å². The number of cyclic esters (lactones) is 1. The molecule has 8 nitrogen and oxygen atoms in total. The number of fused-ring (bicyclic) bond motifs is 2. The lowest BCUT2D eigenvalue weighted by molar-refractivity contribution is -0.155. The van der Waals surface area contributed by atoms with Crippen molar-refractivity contribution in [1.82, 2.24) is 9.80 Å². The molecule has 1 unspecified atom stereocenters. The number of hydrogen-bond acceptors (Lipinski definition) is 6. The predicted molar refractivity (Wildman–Crippen MR) is 139 cm³/mol. The van der Waals surface area contributed by atoms with Gasteiger partial charge in [0.1, 0.15) is 17.6 Å². The van der Waals surface area contributed by atoms with Crippen LogP contribution in [0.2, 0.25) is 0 Å². The molecule has 1 N–H and O–H groups in total. The summed E-state index contributed by atoms with van der Waals surface area (Å²) in [4.78, 5) is 45.4. The quantitative estimate of drug-likeness (QED) is 0.317. The summed E-state index contributed by atoms with van der Waals surface area (Å²) in [6, 6.07) is -0.853. The average molecular weight is 517 g/mol. The summed E-state index contributed by atoms with van der Waals surface area (Å²) in [6.45, 7) is 11.8. The Morgan fingerprint density at radius 3 is 2.51 bits per heavy atom. The van der Waals surface area contributed by atoms with Crippen LogP contribution in [-0.2, 0) is 23.9 Å². The number of carbonyl (C=O) groups excluding carboxylic acids is 3. The van der Waals surface area contributed by atoms with E-state index in [2.05, 4.69) is 34.6 Å². The van der Waals surface area contributed by atoms with E-state index < -0.39 is 41.1 Å². The normalized spacial score (nSPS) is 33.2. The molecule has 5 atom stereocenters. The van der Waals surface area contributed by atoms with Crippen LogP contribution in [0.1, 0.15) is 73.1 Å². The van der Waals surface area contributed by atoms with Crippen LogP contribution in [0, 0.1) is 17.3 Å². The number of allylic oxidation sites excluding steroid dienone is 1. The lowest BCUT2D eigenvalue weighted by atomic mass is 9.77. The number of amides is 2. The molecule has 4 heterocycles. The molecule has 0 aromatic carbocycles. The van der Waals surface area contributed by atoms with Crippen molar-refractivity contribution in [1.29, 1.82) is 0 Å². The zero-order valence-corrected chi connectivity index (χ0v) is 23.1. The Morgan fingerprint density at radius 1 is 1.05 bits per heavy atom. The van der Waals surface area contributed by atoms with Crippen molar-refractivity contribution in [2.45, 2.75) is 96.4 Å². The molecule has 206 valence electrons. The van der Waals surface area contributed by atoms with Crippen LogP contribution in [0.15, 0.2) is 24.3 Å². The summed E-state index contributed by atoms with van der Waals surface area (Å²) in [5.41, 5.74) is -1.68. The molecular formula is C29H44N2O6. The van der Waals surface area contributed by atoms with Gasteiger partial charge < -0.3 is 24.4 Å². The standard InChI is InChI=1S/C29H44N2O6/c1-27(2,3)19-28(4,5)31-16-12-14-29-22(21-20(37-29)13-8-6-11-18-36-26(21)35)24(33)30(23(29)25(31)34)15-9-7-10-17-32/h8,12-14,20-23,32H,6-7,9-11,15-19H2,1-5H3/b13-8-/t20-,21+,22-,23?,29-/m0/s1. The summed E-state index contributed by atoms with van der Waals surface area (Å²) in [6.07, 6.45) is 11.4. The van der Waals surface area contributed by atoms with Gasteiger partial charge in [-0.2, -0.15) is 0 Å². The second-order valence-corrected chi connectivity index (χ2v) is 12.8. The van der Waals surface area contributed by atoms with Crippen LogP contribution in [0.3, 0.4) is 0 Å². The van der Waals surface area contributed by atoms with Gasteiger partial charge in [-0.25, -0.2) is 0 Å². The Bertz CT molecular complexity index is 951. The van der Waals surface area contributed by atoms with E-state index in [-0.39, 0.29) is 23.8 Å². The molecule has 0 saturated carbocycles. The molecule has 0 aliphatic carbocycles. The van der Waals surface area contributed by atoms with E-state index in [1.807, 2.05) is 29.2 Å². The highest BCUT2D eigenvalue weighted by atomic mass is 16.6. The topological polar surface area (TPSA) is 96.4 Å². The van der Waals surface area contributed by atoms with Crippen molar-refractivity contribution in [3.63, 3.8) is 0 Å². The van der Waals surface area contributed by atoms with Crippen molar-refractivity contribution in [2.24, 2.45) is 17.3 Å². The van der Waals surface area contributed by atoms with Gasteiger partial charge in [-0.05, 0) is 57.8 Å². The van der Waals surface area contributed by atoms with E-state index in [9.17, 15) is 19.5 Å². The number of carbonyl (C=O) groups is 3. The Balaban J connectivity index is 1.76. The second kappa shape index (κ2) is 10.5. The number of unbranched alkanes of at least 4 members (excludes halogenated alkanes) is 2. The molecule has 8 heteroatoms. The van der Waals surface area contributed by atoms with Gasteiger partial charge in [0.25, 0.3) is 0 Å². The highest BCUT2D eigenvalue weighted by Gasteiger charge is 2.72. The van der Waals surface area contributed by atoms with Gasteiger partial charge in [0.15, 0.2) is 0 Å². The first-order valence-corrected chi connectivity index (χ1v) is 13.8. The third-order valence-electron chi connectivity index (χ3n) is 8.10. The van der Waals surface area contributed by atoms with E-state index >= 15 is 0 Å². The fourth-order valence-electron chi connectivity index (χ4n) is 7.00. The van der Waals surface area contributed by atoms with Gasteiger partial charge in [0.2, 0.25) is 11.8 Å². The van der Waals surface area contributed by atoms with Crippen LogP contribution in [0.5, 0.6) is 0 Å². The SMILES string of the molecule is CC(C)(C)CC(C)(C)N1CC=C[C@]23O[C@H]4/C=C\CCCOC(=O)[C@H]4[C@H]2C(=O)N(CCCCCO)C3C1=O. The molecule has 37 heavy (non-hydrogen) atoms. The lowest BCUT2D eigenvalue weighted by Crippen LogP contribution is -2.59. The van der Waals surface area contributed by atoms with Gasteiger partial charge in [-0.15, -0.1) is 0 Å². The molecule has 2 fully saturated rings. The minimum atomic E-state index is -1.23. The zero-order chi connectivity index (χ0) is 27.0. The number of hydrogen-bond donors (Lipinski definition) is 1. The molecule has 0 aromatic heterocycles. The largest absolute Gasteiger partial charge is 0.465 e. The molecule has 0 aromatic rings. The number of aliphatic hydroxyl groups excluding tert-OH is 1.